The Kier molecular flexibility index (Phi) is 3.79. The average molecular weight is 404 g/mol. The predicted octanol–water partition coefficient (Wildman–Crippen LogP) is 3.03. The number of guanidine groups is 1. The van der Waals surface area contributed by atoms with Crippen LogP contribution < -0.4 is 15.2 Å². The maximum Gasteiger partial charge on any atom is 0.266 e. The number of rotatable bonds is 2. The number of halogens is 1. The maximum atomic E-state index is 14.1. The van der Waals surface area contributed by atoms with Gasteiger partial charge in [-0.05, 0) is 41.5 Å². The lowest BCUT2D eigenvalue weighted by molar-refractivity contribution is -0.129. The van der Waals surface area contributed by atoms with Crippen molar-refractivity contribution in [2.24, 2.45) is 10.7 Å². The molecule has 0 radical (unpaired) electrons. The number of likely N-dealkylation sites (N-methyl/N-ethyl adjacent to an activating group) is 1. The topological polar surface area (TPSA) is 90.0 Å². The van der Waals surface area contributed by atoms with E-state index in [1.807, 2.05) is 0 Å². The van der Waals surface area contributed by atoms with Gasteiger partial charge in [0, 0.05) is 30.4 Å². The summed E-state index contributed by atoms with van der Waals surface area (Å²) in [6.07, 6.45) is 3.12. The van der Waals surface area contributed by atoms with Crippen LogP contribution in [0.2, 0.25) is 0 Å². The molecule has 8 heteroatoms. The lowest BCUT2D eigenvalue weighted by Crippen LogP contribution is -2.42. The molecule has 5 rings (SSSR count). The summed E-state index contributed by atoms with van der Waals surface area (Å²) in [7, 11) is 3.05. The van der Waals surface area contributed by atoms with Crippen LogP contribution in [0.5, 0.6) is 17.2 Å². The molecule has 1 amide bonds. The van der Waals surface area contributed by atoms with E-state index in [1.54, 1.807) is 49.8 Å². The minimum absolute atomic E-state index is 0.105. The van der Waals surface area contributed by atoms with Crippen molar-refractivity contribution in [2.45, 2.75) is 5.54 Å². The highest BCUT2D eigenvalue weighted by Gasteiger charge is 2.54. The first-order chi connectivity index (χ1) is 14.4. The van der Waals surface area contributed by atoms with Crippen molar-refractivity contribution in [2.75, 3.05) is 14.2 Å². The first kappa shape index (κ1) is 18.1. The van der Waals surface area contributed by atoms with Crippen LogP contribution in [0.3, 0.4) is 0 Å². The van der Waals surface area contributed by atoms with Crippen molar-refractivity contribution in [1.29, 1.82) is 0 Å². The predicted molar refractivity (Wildman–Crippen MR) is 108 cm³/mol. The Bertz CT molecular complexity index is 1240. The molecule has 2 aliphatic rings. The number of carbonyl (C=O) groups excluding carboxylic acids is 1. The zero-order valence-corrected chi connectivity index (χ0v) is 16.2. The lowest BCUT2D eigenvalue weighted by Gasteiger charge is -2.33. The van der Waals surface area contributed by atoms with Crippen molar-refractivity contribution >= 4 is 11.9 Å². The molecule has 2 N–H and O–H groups in total. The van der Waals surface area contributed by atoms with E-state index in [0.717, 1.165) is 0 Å². The minimum Gasteiger partial charge on any atom is -0.497 e. The van der Waals surface area contributed by atoms with Gasteiger partial charge in [0.05, 0.1) is 13.3 Å². The van der Waals surface area contributed by atoms with Crippen LogP contribution in [-0.2, 0) is 10.3 Å². The molecule has 0 aliphatic carbocycles. The van der Waals surface area contributed by atoms with E-state index >= 15 is 0 Å². The Morgan fingerprint density at radius 2 is 1.93 bits per heavy atom. The summed E-state index contributed by atoms with van der Waals surface area (Å²) in [4.78, 5) is 23.4. The van der Waals surface area contributed by atoms with Gasteiger partial charge in [-0.1, -0.05) is 6.07 Å². The highest BCUT2D eigenvalue weighted by Crippen LogP contribution is 2.52. The van der Waals surface area contributed by atoms with Gasteiger partial charge in [-0.15, -0.1) is 0 Å². The second-order valence-electron chi connectivity index (χ2n) is 7.11. The zero-order valence-electron chi connectivity index (χ0n) is 16.2. The van der Waals surface area contributed by atoms with Gasteiger partial charge in [-0.2, -0.15) is 0 Å². The first-order valence-electron chi connectivity index (χ1n) is 9.19. The number of hydrogen-bond donors (Lipinski definition) is 1. The van der Waals surface area contributed by atoms with Crippen LogP contribution >= 0.6 is 0 Å². The van der Waals surface area contributed by atoms with E-state index in [-0.39, 0.29) is 11.9 Å². The standard InChI is InChI=1S/C22H17FN4O3/c1-27-20(28)22(26-21(27)24)16-5-6-25-11-19(16)30-18-4-3-12(9-17(18)22)13-7-14(23)10-15(8-13)29-2/h3-11H,1-2H3,(H2,24,26). The maximum absolute atomic E-state index is 14.1. The number of methoxy groups -OCH3 is 1. The van der Waals surface area contributed by atoms with Gasteiger partial charge in [0.1, 0.15) is 17.3 Å². The Morgan fingerprint density at radius 3 is 2.67 bits per heavy atom. The van der Waals surface area contributed by atoms with Gasteiger partial charge in [0.2, 0.25) is 5.54 Å². The summed E-state index contributed by atoms with van der Waals surface area (Å²) < 4.78 is 25.3. The number of amides is 1. The Labute approximate surface area is 171 Å². The number of ether oxygens (including phenoxy) is 2. The fourth-order valence-corrected chi connectivity index (χ4v) is 3.94. The molecule has 0 bridgehead atoms. The summed E-state index contributed by atoms with van der Waals surface area (Å²) >= 11 is 0. The molecule has 150 valence electrons. The van der Waals surface area contributed by atoms with E-state index in [4.69, 9.17) is 15.2 Å². The highest BCUT2D eigenvalue weighted by atomic mass is 19.1. The molecular weight excluding hydrogens is 387 g/mol. The van der Waals surface area contributed by atoms with Gasteiger partial charge < -0.3 is 15.2 Å². The number of pyridine rings is 1. The van der Waals surface area contributed by atoms with Crippen molar-refractivity contribution < 1.29 is 18.7 Å². The second kappa shape index (κ2) is 6.28. The first-order valence-corrected chi connectivity index (χ1v) is 9.19. The fraction of sp³-hybridized carbons (Fsp3) is 0.136. The molecule has 1 unspecified atom stereocenters. The van der Waals surface area contributed by atoms with E-state index in [0.29, 0.717) is 39.5 Å². The van der Waals surface area contributed by atoms with E-state index in [1.165, 1.54) is 24.1 Å². The quantitative estimate of drug-likeness (QED) is 0.709. The Hall–Kier alpha value is -3.94. The average Bonchev–Trinajstić information content (AvgIpc) is 2.98. The molecule has 30 heavy (non-hydrogen) atoms. The van der Waals surface area contributed by atoms with Gasteiger partial charge >= 0.3 is 0 Å². The van der Waals surface area contributed by atoms with Crippen LogP contribution in [0.25, 0.3) is 11.1 Å². The number of carbonyl (C=O) groups is 1. The largest absolute Gasteiger partial charge is 0.497 e. The number of aliphatic imine (C=N–C) groups is 1. The third-order valence-corrected chi connectivity index (χ3v) is 5.44. The fourth-order valence-electron chi connectivity index (χ4n) is 3.94. The Morgan fingerprint density at radius 1 is 1.10 bits per heavy atom. The molecule has 2 aliphatic heterocycles. The number of nitrogens with zero attached hydrogens (tertiary/aromatic N) is 3. The molecule has 0 fully saturated rings. The van der Waals surface area contributed by atoms with Crippen molar-refractivity contribution in [1.82, 2.24) is 9.88 Å². The third-order valence-electron chi connectivity index (χ3n) is 5.44. The number of fused-ring (bicyclic) bond motifs is 4. The van der Waals surface area contributed by atoms with Crippen molar-refractivity contribution in [3.05, 3.63) is 71.8 Å². The number of benzene rings is 2. The second-order valence-corrected chi connectivity index (χ2v) is 7.11. The molecule has 0 saturated carbocycles. The molecular formula is C22H17FN4O3. The van der Waals surface area contributed by atoms with E-state index in [2.05, 4.69) is 9.98 Å². The number of hydrogen-bond acceptors (Lipinski definition) is 6. The number of nitrogens with two attached hydrogens (primary N) is 1. The summed E-state index contributed by atoms with van der Waals surface area (Å²) in [5.41, 5.74) is 7.00. The summed E-state index contributed by atoms with van der Waals surface area (Å²) in [6, 6.07) is 11.4. The summed E-state index contributed by atoms with van der Waals surface area (Å²) in [6.45, 7) is 0. The normalized spacial score (nSPS) is 19.2. The van der Waals surface area contributed by atoms with Crippen molar-refractivity contribution in [3.63, 3.8) is 0 Å². The summed E-state index contributed by atoms with van der Waals surface area (Å²) in [5.74, 6) is 0.667. The van der Waals surface area contributed by atoms with Gasteiger partial charge in [0.25, 0.3) is 5.91 Å². The molecule has 1 aromatic heterocycles. The smallest absolute Gasteiger partial charge is 0.266 e. The molecule has 1 atom stereocenters. The zero-order chi connectivity index (χ0) is 21.0. The molecule has 3 aromatic rings. The monoisotopic (exact) mass is 404 g/mol. The SMILES string of the molecule is COc1cc(F)cc(-c2ccc3c(c2)C2(N=C(N)N(C)C2=O)c2ccncc2O3)c1. The van der Waals surface area contributed by atoms with Crippen LogP contribution in [-0.4, -0.2) is 35.9 Å². The highest BCUT2D eigenvalue weighted by molar-refractivity contribution is 6.10. The van der Waals surface area contributed by atoms with Gasteiger partial charge in [-0.3, -0.25) is 14.7 Å². The molecule has 2 aromatic carbocycles. The molecule has 7 nitrogen and oxygen atoms in total. The van der Waals surface area contributed by atoms with Gasteiger partial charge in [-0.25, -0.2) is 9.38 Å². The molecule has 1 spiro atoms. The van der Waals surface area contributed by atoms with E-state index < -0.39 is 11.4 Å². The molecule has 3 heterocycles. The van der Waals surface area contributed by atoms with Crippen molar-refractivity contribution in [3.8, 4) is 28.4 Å². The lowest BCUT2D eigenvalue weighted by atomic mass is 9.79. The van der Waals surface area contributed by atoms with E-state index in [9.17, 15) is 9.18 Å². The van der Waals surface area contributed by atoms with Crippen LogP contribution in [0, 0.1) is 5.82 Å². The third kappa shape index (κ3) is 2.40. The minimum atomic E-state index is -1.39. The summed E-state index contributed by atoms with van der Waals surface area (Å²) in [5, 5.41) is 0. The van der Waals surface area contributed by atoms with Crippen LogP contribution in [0.1, 0.15) is 11.1 Å². The van der Waals surface area contributed by atoms with Crippen LogP contribution in [0.4, 0.5) is 4.39 Å². The number of aromatic nitrogens is 1. The molecule has 0 saturated heterocycles. The van der Waals surface area contributed by atoms with Gasteiger partial charge in [0.15, 0.2) is 11.7 Å². The van der Waals surface area contributed by atoms with Crippen LogP contribution in [0.15, 0.2) is 59.9 Å². The Balaban J connectivity index is 1.77.